The summed E-state index contributed by atoms with van der Waals surface area (Å²) in [5, 5.41) is 0. The number of benzene rings is 1. The van der Waals surface area contributed by atoms with Gasteiger partial charge in [0.1, 0.15) is 0 Å². The third-order valence-electron chi connectivity index (χ3n) is 5.66. The molecule has 2 aromatic rings. The predicted octanol–water partition coefficient (Wildman–Crippen LogP) is 2.11. The molecule has 8 heteroatoms. The summed E-state index contributed by atoms with van der Waals surface area (Å²) in [5.74, 6) is 0. The van der Waals surface area contributed by atoms with Crippen LogP contribution in [0.1, 0.15) is 31.2 Å². The van der Waals surface area contributed by atoms with Gasteiger partial charge < -0.3 is 4.57 Å². The van der Waals surface area contributed by atoms with Gasteiger partial charge >= 0.3 is 0 Å². The molecule has 2 fully saturated rings. The van der Waals surface area contributed by atoms with E-state index in [1.807, 2.05) is 10.8 Å². The van der Waals surface area contributed by atoms with Crippen LogP contribution in [0.3, 0.4) is 0 Å². The van der Waals surface area contributed by atoms with Gasteiger partial charge in [-0.1, -0.05) is 18.6 Å². The SMILES string of the molecule is O=S(=O)(N1CCCCC1)N1CCCN(Cc2ccc(-n3ccnc3)cc2)CC1. The molecule has 0 unspecified atom stereocenters. The predicted molar refractivity (Wildman–Crippen MR) is 109 cm³/mol. The largest absolute Gasteiger partial charge is 0.306 e. The van der Waals surface area contributed by atoms with Crippen LogP contribution >= 0.6 is 0 Å². The Morgan fingerprint density at radius 1 is 0.821 bits per heavy atom. The van der Waals surface area contributed by atoms with Crippen molar-refractivity contribution in [1.29, 1.82) is 0 Å². The lowest BCUT2D eigenvalue weighted by Gasteiger charge is -2.31. The minimum Gasteiger partial charge on any atom is -0.306 e. The highest BCUT2D eigenvalue weighted by Gasteiger charge is 2.31. The number of nitrogens with zero attached hydrogens (tertiary/aromatic N) is 5. The molecule has 1 aromatic heterocycles. The van der Waals surface area contributed by atoms with Crippen molar-refractivity contribution in [2.24, 2.45) is 0 Å². The topological polar surface area (TPSA) is 61.7 Å². The van der Waals surface area contributed by atoms with Crippen LogP contribution < -0.4 is 0 Å². The van der Waals surface area contributed by atoms with Crippen molar-refractivity contribution in [3.8, 4) is 5.69 Å². The smallest absolute Gasteiger partial charge is 0.282 e. The number of rotatable bonds is 5. The maximum absolute atomic E-state index is 12.9. The number of piperidine rings is 1. The third kappa shape index (κ3) is 4.46. The summed E-state index contributed by atoms with van der Waals surface area (Å²) in [5.41, 5.74) is 2.34. The average molecular weight is 404 g/mol. The molecule has 0 saturated carbocycles. The Morgan fingerprint density at radius 2 is 1.54 bits per heavy atom. The first-order valence-corrected chi connectivity index (χ1v) is 11.6. The van der Waals surface area contributed by atoms with Gasteiger partial charge in [-0.05, 0) is 43.5 Å². The Kier molecular flexibility index (Phi) is 6.10. The van der Waals surface area contributed by atoms with Crippen molar-refractivity contribution < 1.29 is 8.42 Å². The summed E-state index contributed by atoms with van der Waals surface area (Å²) < 4.78 is 31.2. The fraction of sp³-hybridized carbons (Fsp3) is 0.550. The van der Waals surface area contributed by atoms with E-state index >= 15 is 0 Å². The lowest BCUT2D eigenvalue weighted by Crippen LogP contribution is -2.47. The van der Waals surface area contributed by atoms with Crippen LogP contribution in [-0.4, -0.2) is 70.7 Å². The van der Waals surface area contributed by atoms with Crippen LogP contribution in [0.2, 0.25) is 0 Å². The van der Waals surface area contributed by atoms with Crippen LogP contribution in [-0.2, 0) is 16.8 Å². The van der Waals surface area contributed by atoms with Gasteiger partial charge in [0.15, 0.2) is 0 Å². The first-order valence-electron chi connectivity index (χ1n) is 10.2. The molecular formula is C20H29N5O2S. The molecule has 0 amide bonds. The summed E-state index contributed by atoms with van der Waals surface area (Å²) in [6, 6.07) is 8.48. The monoisotopic (exact) mass is 403 g/mol. The van der Waals surface area contributed by atoms with E-state index in [2.05, 4.69) is 34.1 Å². The van der Waals surface area contributed by atoms with E-state index < -0.39 is 10.2 Å². The standard InChI is InChI=1S/C20H29N5O2S/c26-28(27,24-11-2-1-3-12-24)25-13-4-10-22(15-16-25)17-19-5-7-20(8-6-19)23-14-9-21-18-23/h5-9,14,18H,1-4,10-13,15-17H2. The molecule has 7 nitrogen and oxygen atoms in total. The highest BCUT2D eigenvalue weighted by atomic mass is 32.2. The molecule has 0 radical (unpaired) electrons. The van der Waals surface area contributed by atoms with Crippen molar-refractivity contribution in [3.63, 3.8) is 0 Å². The Hall–Kier alpha value is -1.74. The second-order valence-corrected chi connectivity index (χ2v) is 9.56. The van der Waals surface area contributed by atoms with Gasteiger partial charge in [-0.2, -0.15) is 17.0 Å². The second kappa shape index (κ2) is 8.73. The molecule has 2 aliphatic rings. The van der Waals surface area contributed by atoms with Crippen molar-refractivity contribution in [2.75, 3.05) is 39.3 Å². The molecule has 152 valence electrons. The Balaban J connectivity index is 1.35. The molecule has 28 heavy (non-hydrogen) atoms. The Bertz CT molecular complexity index is 845. The minimum atomic E-state index is -3.30. The van der Waals surface area contributed by atoms with Gasteiger partial charge in [0.2, 0.25) is 0 Å². The van der Waals surface area contributed by atoms with Gasteiger partial charge in [-0.15, -0.1) is 0 Å². The van der Waals surface area contributed by atoms with Crippen molar-refractivity contribution in [2.45, 2.75) is 32.2 Å². The molecule has 1 aromatic carbocycles. The zero-order valence-electron chi connectivity index (χ0n) is 16.3. The molecular weight excluding hydrogens is 374 g/mol. The second-order valence-electron chi connectivity index (χ2n) is 7.63. The summed E-state index contributed by atoms with van der Waals surface area (Å²) in [4.78, 5) is 6.44. The van der Waals surface area contributed by atoms with Gasteiger partial charge in [-0.3, -0.25) is 4.90 Å². The number of aromatic nitrogens is 2. The molecule has 2 saturated heterocycles. The van der Waals surface area contributed by atoms with E-state index in [0.29, 0.717) is 26.2 Å². The molecule has 0 bridgehead atoms. The fourth-order valence-corrected chi connectivity index (χ4v) is 5.76. The maximum atomic E-state index is 12.9. The summed E-state index contributed by atoms with van der Waals surface area (Å²) in [6.07, 6.45) is 9.47. The summed E-state index contributed by atoms with van der Waals surface area (Å²) in [7, 11) is -3.30. The van der Waals surface area contributed by atoms with E-state index in [1.165, 1.54) is 5.56 Å². The molecule has 4 rings (SSSR count). The summed E-state index contributed by atoms with van der Waals surface area (Å²) >= 11 is 0. The Labute approximate surface area is 167 Å². The van der Waals surface area contributed by atoms with E-state index in [-0.39, 0.29) is 0 Å². The van der Waals surface area contributed by atoms with Crippen molar-refractivity contribution >= 4 is 10.2 Å². The zero-order valence-corrected chi connectivity index (χ0v) is 17.1. The molecule has 0 atom stereocenters. The minimum absolute atomic E-state index is 0.575. The maximum Gasteiger partial charge on any atom is 0.282 e. The summed E-state index contributed by atoms with van der Waals surface area (Å²) in [6.45, 7) is 5.09. The quantitative estimate of drug-likeness (QED) is 0.767. The van der Waals surface area contributed by atoms with E-state index in [9.17, 15) is 8.42 Å². The lowest BCUT2D eigenvalue weighted by molar-refractivity contribution is 0.272. The fourth-order valence-electron chi connectivity index (χ4n) is 4.04. The first kappa shape index (κ1) is 19.6. The Morgan fingerprint density at radius 3 is 2.25 bits per heavy atom. The van der Waals surface area contributed by atoms with Gasteiger partial charge in [-0.25, -0.2) is 4.98 Å². The highest BCUT2D eigenvalue weighted by Crippen LogP contribution is 2.19. The van der Waals surface area contributed by atoms with Crippen LogP contribution in [0.25, 0.3) is 5.69 Å². The number of hydrogen-bond donors (Lipinski definition) is 0. The van der Waals surface area contributed by atoms with E-state index in [4.69, 9.17) is 0 Å². The molecule has 0 spiro atoms. The molecule has 0 aliphatic carbocycles. The third-order valence-corrected chi connectivity index (χ3v) is 7.70. The van der Waals surface area contributed by atoms with E-state index in [1.54, 1.807) is 21.1 Å². The normalized spacial score (nSPS) is 20.9. The van der Waals surface area contributed by atoms with Gasteiger partial charge in [0.05, 0.1) is 6.33 Å². The van der Waals surface area contributed by atoms with Crippen molar-refractivity contribution in [3.05, 3.63) is 48.5 Å². The van der Waals surface area contributed by atoms with Gasteiger partial charge in [0.25, 0.3) is 10.2 Å². The average Bonchev–Trinajstić information content (AvgIpc) is 3.16. The molecule has 0 N–H and O–H groups in total. The number of imidazole rings is 1. The molecule has 3 heterocycles. The first-order chi connectivity index (χ1) is 13.6. The van der Waals surface area contributed by atoms with Gasteiger partial charge in [0, 0.05) is 57.3 Å². The number of hydrogen-bond acceptors (Lipinski definition) is 4. The van der Waals surface area contributed by atoms with Crippen LogP contribution in [0, 0.1) is 0 Å². The van der Waals surface area contributed by atoms with E-state index in [0.717, 1.165) is 51.0 Å². The highest BCUT2D eigenvalue weighted by molar-refractivity contribution is 7.86. The zero-order chi connectivity index (χ0) is 19.4. The lowest BCUT2D eigenvalue weighted by atomic mass is 10.2. The molecule has 2 aliphatic heterocycles. The van der Waals surface area contributed by atoms with Crippen LogP contribution in [0.15, 0.2) is 43.0 Å². The van der Waals surface area contributed by atoms with Crippen LogP contribution in [0.4, 0.5) is 0 Å². The van der Waals surface area contributed by atoms with Crippen molar-refractivity contribution in [1.82, 2.24) is 23.1 Å². The van der Waals surface area contributed by atoms with Crippen LogP contribution in [0.5, 0.6) is 0 Å².